The van der Waals surface area contributed by atoms with E-state index in [1.807, 2.05) is 19.4 Å². The Bertz CT molecular complexity index is 880. The summed E-state index contributed by atoms with van der Waals surface area (Å²) in [4.78, 5) is 16.9. The van der Waals surface area contributed by atoms with Crippen molar-refractivity contribution >= 4 is 22.4 Å². The minimum absolute atomic E-state index is 0.239. The van der Waals surface area contributed by atoms with Crippen LogP contribution in [0.5, 0.6) is 0 Å². The third kappa shape index (κ3) is 3.10. The van der Waals surface area contributed by atoms with Crippen LogP contribution >= 0.6 is 11.3 Å². The first kappa shape index (κ1) is 16.4. The summed E-state index contributed by atoms with van der Waals surface area (Å²) in [6.45, 7) is 8.17. The molecule has 0 aliphatic heterocycles. The number of aromatic nitrogens is 3. The summed E-state index contributed by atoms with van der Waals surface area (Å²) < 4.78 is 1.68. The van der Waals surface area contributed by atoms with Gasteiger partial charge in [0, 0.05) is 23.7 Å². The molecule has 0 bridgehead atoms. The monoisotopic (exact) mass is 340 g/mol. The molecule has 0 radical (unpaired) electrons. The van der Waals surface area contributed by atoms with Crippen molar-refractivity contribution < 1.29 is 4.79 Å². The molecule has 0 spiro atoms. The zero-order chi connectivity index (χ0) is 17.4. The quantitative estimate of drug-likeness (QED) is 0.783. The molecule has 0 saturated carbocycles. The van der Waals surface area contributed by atoms with Crippen LogP contribution in [0.2, 0.25) is 0 Å². The Kier molecular flexibility index (Phi) is 4.24. The lowest BCUT2D eigenvalue weighted by atomic mass is 9.98. The molecular formula is C18H20N4OS. The molecule has 1 aromatic carbocycles. The van der Waals surface area contributed by atoms with Gasteiger partial charge in [-0.25, -0.2) is 4.98 Å². The van der Waals surface area contributed by atoms with Gasteiger partial charge in [0.2, 0.25) is 0 Å². The Labute approximate surface area is 145 Å². The molecule has 1 amide bonds. The number of aryl methyl sites for hydroxylation is 5. The van der Waals surface area contributed by atoms with E-state index in [1.54, 1.807) is 10.7 Å². The van der Waals surface area contributed by atoms with Crippen LogP contribution < -0.4 is 5.32 Å². The molecular weight excluding hydrogens is 320 g/mol. The molecule has 2 aromatic heterocycles. The third-order valence-electron chi connectivity index (χ3n) is 4.00. The van der Waals surface area contributed by atoms with Crippen molar-refractivity contribution in [3.63, 3.8) is 0 Å². The average Bonchev–Trinajstić information content (AvgIpc) is 3.06. The molecule has 0 unspecified atom stereocenters. The average molecular weight is 340 g/mol. The highest BCUT2D eigenvalue weighted by atomic mass is 32.1. The number of hydrogen-bond donors (Lipinski definition) is 1. The van der Waals surface area contributed by atoms with E-state index < -0.39 is 0 Å². The number of hydrogen-bond acceptors (Lipinski definition) is 4. The Balaban J connectivity index is 1.85. The summed E-state index contributed by atoms with van der Waals surface area (Å²) >= 11 is 1.42. The summed E-state index contributed by atoms with van der Waals surface area (Å²) in [6.07, 6.45) is 0. The Morgan fingerprint density at radius 1 is 1.12 bits per heavy atom. The van der Waals surface area contributed by atoms with Gasteiger partial charge in [-0.3, -0.25) is 14.8 Å². The smallest absolute Gasteiger partial charge is 0.277 e. The number of nitrogens with one attached hydrogen (secondary N) is 1. The number of amides is 1. The standard InChI is InChI=1S/C18H20N4OS/c1-10-6-11(2)16(12(3)7-10)15-9-24-18(19-15)20-17(23)14-8-13(4)22(5)21-14/h6-9H,1-5H3,(H,19,20,23). The maximum Gasteiger partial charge on any atom is 0.277 e. The molecule has 3 aromatic rings. The summed E-state index contributed by atoms with van der Waals surface area (Å²) in [7, 11) is 1.82. The number of carbonyl (C=O) groups excluding carboxylic acids is 1. The van der Waals surface area contributed by atoms with Crippen LogP contribution in [0.25, 0.3) is 11.3 Å². The molecule has 0 atom stereocenters. The number of carbonyl (C=O) groups is 1. The van der Waals surface area contributed by atoms with Crippen molar-refractivity contribution in [3.8, 4) is 11.3 Å². The maximum absolute atomic E-state index is 12.3. The minimum atomic E-state index is -0.239. The molecule has 0 saturated heterocycles. The fraction of sp³-hybridized carbons (Fsp3) is 0.278. The van der Waals surface area contributed by atoms with Crippen molar-refractivity contribution in [2.24, 2.45) is 7.05 Å². The van der Waals surface area contributed by atoms with E-state index in [4.69, 9.17) is 0 Å². The first-order valence-electron chi connectivity index (χ1n) is 7.71. The predicted molar refractivity (Wildman–Crippen MR) is 97.7 cm³/mol. The molecule has 0 aliphatic carbocycles. The molecule has 3 rings (SSSR count). The first-order chi connectivity index (χ1) is 11.3. The van der Waals surface area contributed by atoms with Gasteiger partial charge in [0.1, 0.15) is 0 Å². The van der Waals surface area contributed by atoms with E-state index in [0.717, 1.165) is 17.0 Å². The van der Waals surface area contributed by atoms with Crippen LogP contribution in [0.15, 0.2) is 23.6 Å². The van der Waals surface area contributed by atoms with Gasteiger partial charge < -0.3 is 0 Å². The van der Waals surface area contributed by atoms with E-state index in [1.165, 1.54) is 28.0 Å². The van der Waals surface area contributed by atoms with Crippen molar-refractivity contribution in [1.29, 1.82) is 0 Å². The predicted octanol–water partition coefficient (Wildman–Crippen LogP) is 4.03. The summed E-state index contributed by atoms with van der Waals surface area (Å²) in [5.74, 6) is -0.239. The highest BCUT2D eigenvalue weighted by Gasteiger charge is 2.15. The third-order valence-corrected chi connectivity index (χ3v) is 4.76. The largest absolute Gasteiger partial charge is 0.296 e. The minimum Gasteiger partial charge on any atom is -0.296 e. The number of anilines is 1. The Morgan fingerprint density at radius 2 is 1.79 bits per heavy atom. The van der Waals surface area contributed by atoms with Crippen molar-refractivity contribution in [3.05, 3.63) is 51.7 Å². The van der Waals surface area contributed by atoms with Crippen LogP contribution in [0.1, 0.15) is 32.9 Å². The molecule has 24 heavy (non-hydrogen) atoms. The summed E-state index contributed by atoms with van der Waals surface area (Å²) in [5, 5.41) is 9.58. The summed E-state index contributed by atoms with van der Waals surface area (Å²) in [6, 6.07) is 6.06. The molecule has 6 heteroatoms. The SMILES string of the molecule is Cc1cc(C)c(-c2csc(NC(=O)c3cc(C)n(C)n3)n2)c(C)c1. The van der Waals surface area contributed by atoms with Gasteiger partial charge >= 0.3 is 0 Å². The van der Waals surface area contributed by atoms with E-state index in [0.29, 0.717) is 10.8 Å². The normalized spacial score (nSPS) is 10.9. The number of thiazole rings is 1. The second-order valence-corrected chi connectivity index (χ2v) is 6.92. The van der Waals surface area contributed by atoms with Gasteiger partial charge in [0.15, 0.2) is 10.8 Å². The number of rotatable bonds is 3. The van der Waals surface area contributed by atoms with Crippen molar-refractivity contribution in [2.45, 2.75) is 27.7 Å². The van der Waals surface area contributed by atoms with E-state index >= 15 is 0 Å². The molecule has 0 aliphatic rings. The highest BCUT2D eigenvalue weighted by molar-refractivity contribution is 7.14. The van der Waals surface area contributed by atoms with Crippen LogP contribution in [0, 0.1) is 27.7 Å². The fourth-order valence-electron chi connectivity index (χ4n) is 2.86. The number of nitrogens with zero attached hydrogens (tertiary/aromatic N) is 3. The molecule has 124 valence electrons. The van der Waals surface area contributed by atoms with E-state index in [2.05, 4.69) is 48.3 Å². The van der Waals surface area contributed by atoms with Crippen LogP contribution in [-0.4, -0.2) is 20.7 Å². The summed E-state index contributed by atoms with van der Waals surface area (Å²) in [5.41, 5.74) is 6.98. The zero-order valence-corrected chi connectivity index (χ0v) is 15.3. The highest BCUT2D eigenvalue weighted by Crippen LogP contribution is 2.31. The second-order valence-electron chi connectivity index (χ2n) is 6.06. The van der Waals surface area contributed by atoms with Crippen LogP contribution in [0.4, 0.5) is 5.13 Å². The van der Waals surface area contributed by atoms with Gasteiger partial charge in [0.05, 0.1) is 5.69 Å². The molecule has 1 N–H and O–H groups in total. The van der Waals surface area contributed by atoms with Gasteiger partial charge in [-0.1, -0.05) is 17.7 Å². The lowest BCUT2D eigenvalue weighted by Crippen LogP contribution is -2.12. The maximum atomic E-state index is 12.3. The van der Waals surface area contributed by atoms with Gasteiger partial charge in [-0.2, -0.15) is 5.10 Å². The van der Waals surface area contributed by atoms with Crippen LogP contribution in [0.3, 0.4) is 0 Å². The van der Waals surface area contributed by atoms with Gasteiger partial charge in [-0.15, -0.1) is 11.3 Å². The zero-order valence-electron chi connectivity index (χ0n) is 14.5. The van der Waals surface area contributed by atoms with Gasteiger partial charge in [-0.05, 0) is 44.9 Å². The van der Waals surface area contributed by atoms with Crippen LogP contribution in [-0.2, 0) is 7.05 Å². The molecule has 0 fully saturated rings. The Morgan fingerprint density at radius 3 is 2.38 bits per heavy atom. The topological polar surface area (TPSA) is 59.8 Å². The van der Waals surface area contributed by atoms with Crippen molar-refractivity contribution in [1.82, 2.24) is 14.8 Å². The number of benzene rings is 1. The lowest BCUT2D eigenvalue weighted by Gasteiger charge is -2.08. The fourth-order valence-corrected chi connectivity index (χ4v) is 3.56. The molecule has 5 nitrogen and oxygen atoms in total. The van der Waals surface area contributed by atoms with E-state index in [9.17, 15) is 4.79 Å². The molecule has 2 heterocycles. The second kappa shape index (κ2) is 6.20. The Hall–Kier alpha value is -2.47. The van der Waals surface area contributed by atoms with Crippen molar-refractivity contribution in [2.75, 3.05) is 5.32 Å². The first-order valence-corrected chi connectivity index (χ1v) is 8.59. The van der Waals surface area contributed by atoms with E-state index in [-0.39, 0.29) is 5.91 Å². The van der Waals surface area contributed by atoms with Gasteiger partial charge in [0.25, 0.3) is 5.91 Å². The lowest BCUT2D eigenvalue weighted by molar-refractivity contribution is 0.102.